The molecule has 4 N–H and O–H groups in total. The smallest absolute Gasteiger partial charge is 0.410 e. The van der Waals surface area contributed by atoms with Crippen LogP contribution in [0.3, 0.4) is 0 Å². The number of rotatable bonds is 8. The van der Waals surface area contributed by atoms with Gasteiger partial charge in [-0.25, -0.2) is 9.59 Å². The maximum Gasteiger partial charge on any atom is 0.410 e. The van der Waals surface area contributed by atoms with Crippen molar-refractivity contribution < 1.29 is 38.1 Å². The van der Waals surface area contributed by atoms with Crippen LogP contribution in [0.1, 0.15) is 57.8 Å². The predicted molar refractivity (Wildman–Crippen MR) is 172 cm³/mol. The van der Waals surface area contributed by atoms with Crippen LogP contribution in [0, 0.1) is 23.7 Å². The number of nitrogens with two attached hydrogens (primary N) is 2. The molecule has 0 aromatic heterocycles. The molecule has 3 saturated heterocycles. The van der Waals surface area contributed by atoms with E-state index in [9.17, 15) is 19.2 Å². The molecule has 0 spiro atoms. The van der Waals surface area contributed by atoms with Crippen LogP contribution in [0.25, 0.3) is 0 Å². The van der Waals surface area contributed by atoms with E-state index in [1.807, 2.05) is 9.80 Å². The number of hydrogen-bond donors (Lipinski definition) is 2. The minimum Gasteiger partial charge on any atom is -0.447 e. The molecule has 3 heterocycles. The molecule has 14 heteroatoms. The van der Waals surface area contributed by atoms with Gasteiger partial charge in [-0.3, -0.25) is 9.59 Å². The summed E-state index contributed by atoms with van der Waals surface area (Å²) in [5, 5.41) is 0. The van der Waals surface area contributed by atoms with Crippen molar-refractivity contribution in [1.82, 2.24) is 19.6 Å². The highest BCUT2D eigenvalue weighted by molar-refractivity contribution is 5.80. The third kappa shape index (κ3) is 9.07. The molecule has 5 fully saturated rings. The van der Waals surface area contributed by atoms with Gasteiger partial charge >= 0.3 is 12.2 Å². The Morgan fingerprint density at radius 3 is 1.53 bits per heavy atom. The first-order chi connectivity index (χ1) is 22.8. The Bertz CT molecular complexity index is 1050. The van der Waals surface area contributed by atoms with Gasteiger partial charge in [0.1, 0.15) is 24.9 Å². The number of hydrogen-bond acceptors (Lipinski definition) is 10. The highest BCUT2D eigenvalue weighted by atomic mass is 16.6. The fourth-order valence-electron chi connectivity index (χ4n) is 7.88. The maximum absolute atomic E-state index is 13.1. The molecule has 2 aliphatic carbocycles. The van der Waals surface area contributed by atoms with Gasteiger partial charge in [0.25, 0.3) is 0 Å². The summed E-state index contributed by atoms with van der Waals surface area (Å²) in [4.78, 5) is 59.1. The standard InChI is InChI=1S/C33H56N6O8/c1-44-29-27(47-33(43)39-17-13-37(14-18-39)31(41)26-8-4-24(21-35)5-9-26)10-19-45-28(29)22-46-32(42)38-15-11-36(12-16-38)30(40)25-6-2-23(20-34)3-7-25/h23-29H,2-22,34-35H2,1H3/t23?,24?,25?,26?,27-,28-,29-/m1/s1. The third-order valence-corrected chi connectivity index (χ3v) is 11.1. The Kier molecular flexibility index (Phi) is 13.0. The van der Waals surface area contributed by atoms with Gasteiger partial charge in [0, 0.05) is 77.7 Å². The van der Waals surface area contributed by atoms with Crippen LogP contribution < -0.4 is 11.5 Å². The molecule has 14 nitrogen and oxygen atoms in total. The molecule has 0 unspecified atom stereocenters. The second-order valence-electron chi connectivity index (χ2n) is 13.9. The van der Waals surface area contributed by atoms with E-state index in [0.717, 1.165) is 51.4 Å². The largest absolute Gasteiger partial charge is 0.447 e. The van der Waals surface area contributed by atoms with Crippen molar-refractivity contribution in [3.8, 4) is 0 Å². The molecule has 266 valence electrons. The zero-order chi connectivity index (χ0) is 33.3. The van der Waals surface area contributed by atoms with E-state index in [0.29, 0.717) is 90.3 Å². The van der Waals surface area contributed by atoms with E-state index in [-0.39, 0.29) is 30.3 Å². The van der Waals surface area contributed by atoms with Gasteiger partial charge in [-0.15, -0.1) is 0 Å². The summed E-state index contributed by atoms with van der Waals surface area (Å²) >= 11 is 0. The van der Waals surface area contributed by atoms with Crippen LogP contribution in [-0.2, 0) is 28.5 Å². The summed E-state index contributed by atoms with van der Waals surface area (Å²) in [6.07, 6.45) is 5.35. The van der Waals surface area contributed by atoms with E-state index < -0.39 is 30.5 Å². The number of nitrogens with zero attached hydrogens (tertiary/aromatic N) is 4. The summed E-state index contributed by atoms with van der Waals surface area (Å²) in [5.74, 6) is 1.52. The molecule has 4 amide bonds. The van der Waals surface area contributed by atoms with Crippen LogP contribution in [0.4, 0.5) is 9.59 Å². The first kappa shape index (κ1) is 35.6. The molecular formula is C33H56N6O8. The van der Waals surface area contributed by atoms with Crippen molar-refractivity contribution >= 4 is 24.0 Å². The summed E-state index contributed by atoms with van der Waals surface area (Å²) in [7, 11) is 1.53. The van der Waals surface area contributed by atoms with Crippen LogP contribution in [0.2, 0.25) is 0 Å². The predicted octanol–water partition coefficient (Wildman–Crippen LogP) is 1.25. The van der Waals surface area contributed by atoms with Gasteiger partial charge in [-0.2, -0.15) is 0 Å². The summed E-state index contributed by atoms with van der Waals surface area (Å²) in [5.41, 5.74) is 11.6. The van der Waals surface area contributed by atoms with Gasteiger partial charge in [0.15, 0.2) is 0 Å². The number of amides is 4. The van der Waals surface area contributed by atoms with E-state index in [1.165, 1.54) is 7.11 Å². The lowest BCUT2D eigenvalue weighted by molar-refractivity contribution is -0.164. The summed E-state index contributed by atoms with van der Waals surface area (Å²) in [6.45, 7) is 5.28. The van der Waals surface area contributed by atoms with Gasteiger partial charge < -0.3 is 50.0 Å². The lowest BCUT2D eigenvalue weighted by Gasteiger charge is -2.40. The Morgan fingerprint density at radius 1 is 0.638 bits per heavy atom. The van der Waals surface area contributed by atoms with Crippen molar-refractivity contribution in [2.45, 2.75) is 76.1 Å². The molecule has 47 heavy (non-hydrogen) atoms. The maximum atomic E-state index is 13.1. The normalized spacial score (nSPS) is 32.1. The fraction of sp³-hybridized carbons (Fsp3) is 0.879. The molecule has 0 aromatic carbocycles. The first-order valence-corrected chi connectivity index (χ1v) is 17.8. The fourth-order valence-corrected chi connectivity index (χ4v) is 7.88. The van der Waals surface area contributed by atoms with Crippen LogP contribution in [-0.4, -0.2) is 148 Å². The molecular weight excluding hydrogens is 608 g/mol. The van der Waals surface area contributed by atoms with E-state index in [2.05, 4.69) is 0 Å². The highest BCUT2D eigenvalue weighted by Crippen LogP contribution is 2.31. The highest BCUT2D eigenvalue weighted by Gasteiger charge is 2.40. The van der Waals surface area contributed by atoms with Crippen LogP contribution >= 0.6 is 0 Å². The Balaban J connectivity index is 1.01. The zero-order valence-electron chi connectivity index (χ0n) is 28.1. The molecule has 3 atom stereocenters. The minimum absolute atomic E-state index is 0.0388. The summed E-state index contributed by atoms with van der Waals surface area (Å²) < 4.78 is 23.1. The van der Waals surface area contributed by atoms with Crippen LogP contribution in [0.5, 0.6) is 0 Å². The van der Waals surface area contributed by atoms with Crippen molar-refractivity contribution in [2.24, 2.45) is 35.1 Å². The third-order valence-electron chi connectivity index (χ3n) is 11.1. The average Bonchev–Trinajstić information content (AvgIpc) is 3.13. The topological polar surface area (TPSA) is 170 Å². The quantitative estimate of drug-likeness (QED) is 0.385. The Hall–Kier alpha value is -2.68. The second-order valence-corrected chi connectivity index (χ2v) is 13.9. The molecule has 0 bridgehead atoms. The van der Waals surface area contributed by atoms with Crippen LogP contribution in [0.15, 0.2) is 0 Å². The van der Waals surface area contributed by atoms with Gasteiger partial charge in [0.2, 0.25) is 11.8 Å². The van der Waals surface area contributed by atoms with Gasteiger partial charge in [-0.1, -0.05) is 0 Å². The lowest BCUT2D eigenvalue weighted by atomic mass is 9.81. The molecule has 5 rings (SSSR count). The number of ether oxygens (including phenoxy) is 4. The lowest BCUT2D eigenvalue weighted by Crippen LogP contribution is -2.55. The molecule has 0 aromatic rings. The first-order valence-electron chi connectivity index (χ1n) is 17.8. The molecule has 5 aliphatic rings. The Morgan fingerprint density at radius 2 is 1.09 bits per heavy atom. The average molecular weight is 665 g/mol. The Labute approximate surface area is 278 Å². The van der Waals surface area contributed by atoms with Gasteiger partial charge in [0.05, 0.1) is 6.61 Å². The van der Waals surface area contributed by atoms with Gasteiger partial charge in [-0.05, 0) is 76.3 Å². The second kappa shape index (κ2) is 17.1. The SMILES string of the molecule is CO[C@H]1[C@@H](COC(=O)N2CCN(C(=O)C3CCC(CN)CC3)CC2)OCC[C@H]1OC(=O)N1CCN(C(=O)C2CCC(CN)CC2)CC1. The summed E-state index contributed by atoms with van der Waals surface area (Å²) in [6, 6.07) is 0. The number of carbonyl (C=O) groups excluding carboxylic acids is 4. The monoisotopic (exact) mass is 664 g/mol. The van der Waals surface area contributed by atoms with E-state index in [4.69, 9.17) is 30.4 Å². The van der Waals surface area contributed by atoms with Crippen molar-refractivity contribution in [3.05, 3.63) is 0 Å². The molecule has 0 radical (unpaired) electrons. The molecule has 2 saturated carbocycles. The number of piperazine rings is 2. The van der Waals surface area contributed by atoms with Crippen molar-refractivity contribution in [1.29, 1.82) is 0 Å². The molecule has 3 aliphatic heterocycles. The zero-order valence-corrected chi connectivity index (χ0v) is 28.1. The van der Waals surface area contributed by atoms with E-state index in [1.54, 1.807) is 9.80 Å². The van der Waals surface area contributed by atoms with Crippen molar-refractivity contribution in [3.63, 3.8) is 0 Å². The van der Waals surface area contributed by atoms with E-state index >= 15 is 0 Å². The van der Waals surface area contributed by atoms with Crippen molar-refractivity contribution in [2.75, 3.05) is 85.8 Å². The number of methoxy groups -OCH3 is 1. The number of carbonyl (C=O) groups is 4. The minimum atomic E-state index is -0.601.